The summed E-state index contributed by atoms with van der Waals surface area (Å²) in [6.45, 7) is 2.27. The Hall–Kier alpha value is -0.0400. The Balaban J connectivity index is 1.90. The molecule has 0 N–H and O–H groups in total. The predicted octanol–water partition coefficient (Wildman–Crippen LogP) is 2.35. The first-order valence-corrected chi connectivity index (χ1v) is 4.55. The van der Waals surface area contributed by atoms with E-state index in [0.29, 0.717) is 12.2 Å². The van der Waals surface area contributed by atoms with Crippen molar-refractivity contribution in [3.05, 3.63) is 0 Å². The van der Waals surface area contributed by atoms with E-state index in [4.69, 9.17) is 4.74 Å². The largest absolute Gasteiger partial charge is 0.375 e. The van der Waals surface area contributed by atoms with E-state index in [9.17, 15) is 0 Å². The van der Waals surface area contributed by atoms with E-state index in [1.54, 1.807) is 0 Å². The Labute approximate surface area is 62.8 Å². The first-order chi connectivity index (χ1) is 4.90. The minimum absolute atomic E-state index is 0.654. The summed E-state index contributed by atoms with van der Waals surface area (Å²) in [6.07, 6.45) is 8.07. The Kier molecular flexibility index (Phi) is 1.69. The average molecular weight is 140 g/mol. The van der Waals surface area contributed by atoms with Crippen molar-refractivity contribution < 1.29 is 4.74 Å². The van der Waals surface area contributed by atoms with Crippen molar-refractivity contribution >= 4 is 0 Å². The van der Waals surface area contributed by atoms with E-state index >= 15 is 0 Å². The third kappa shape index (κ3) is 0.968. The SMILES string of the molecule is CCC[C@@H]1C[C@H]2CC[C@@H]1O2. The Morgan fingerprint density at radius 1 is 1.40 bits per heavy atom. The summed E-state index contributed by atoms with van der Waals surface area (Å²) in [6, 6.07) is 0. The minimum atomic E-state index is 0.654. The normalized spacial score (nSPS) is 44.7. The van der Waals surface area contributed by atoms with E-state index < -0.39 is 0 Å². The number of hydrogen-bond acceptors (Lipinski definition) is 1. The molecule has 0 aromatic carbocycles. The number of hydrogen-bond donors (Lipinski definition) is 0. The maximum absolute atomic E-state index is 5.74. The first kappa shape index (κ1) is 6.66. The second-order valence-electron chi connectivity index (χ2n) is 3.66. The van der Waals surface area contributed by atoms with Gasteiger partial charge in [-0.25, -0.2) is 0 Å². The van der Waals surface area contributed by atoms with Crippen LogP contribution in [0.2, 0.25) is 0 Å². The standard InChI is InChI=1S/C9H16O/c1-2-3-7-6-8-4-5-9(7)10-8/h7-9H,2-6H2,1H3/t7-,8-,9+/m1/s1. The van der Waals surface area contributed by atoms with Crippen molar-refractivity contribution in [3.8, 4) is 0 Å². The van der Waals surface area contributed by atoms with Gasteiger partial charge in [-0.05, 0) is 31.6 Å². The second kappa shape index (κ2) is 2.54. The molecule has 0 aliphatic carbocycles. The van der Waals surface area contributed by atoms with Gasteiger partial charge in [-0.1, -0.05) is 13.3 Å². The Morgan fingerprint density at radius 2 is 2.30 bits per heavy atom. The monoisotopic (exact) mass is 140 g/mol. The molecule has 2 heterocycles. The van der Waals surface area contributed by atoms with Crippen molar-refractivity contribution in [3.63, 3.8) is 0 Å². The smallest absolute Gasteiger partial charge is 0.0609 e. The fourth-order valence-corrected chi connectivity index (χ4v) is 2.42. The molecular formula is C9H16O. The van der Waals surface area contributed by atoms with E-state index in [1.807, 2.05) is 0 Å². The number of fused-ring (bicyclic) bond motifs is 2. The van der Waals surface area contributed by atoms with Crippen LogP contribution in [0.4, 0.5) is 0 Å². The molecule has 2 saturated heterocycles. The maximum Gasteiger partial charge on any atom is 0.0609 e. The lowest BCUT2D eigenvalue weighted by atomic mass is 9.86. The summed E-state index contributed by atoms with van der Waals surface area (Å²) in [5.41, 5.74) is 0. The summed E-state index contributed by atoms with van der Waals surface area (Å²) in [7, 11) is 0. The highest BCUT2D eigenvalue weighted by atomic mass is 16.5. The van der Waals surface area contributed by atoms with Crippen LogP contribution in [0.25, 0.3) is 0 Å². The van der Waals surface area contributed by atoms with E-state index in [2.05, 4.69) is 6.92 Å². The van der Waals surface area contributed by atoms with Crippen molar-refractivity contribution in [1.29, 1.82) is 0 Å². The molecule has 2 aliphatic rings. The van der Waals surface area contributed by atoms with E-state index in [1.165, 1.54) is 32.1 Å². The molecule has 0 amide bonds. The van der Waals surface area contributed by atoms with Gasteiger partial charge in [0.25, 0.3) is 0 Å². The van der Waals surface area contributed by atoms with Gasteiger partial charge in [0.05, 0.1) is 12.2 Å². The fraction of sp³-hybridized carbons (Fsp3) is 1.00. The molecule has 1 heteroatoms. The molecule has 2 rings (SSSR count). The van der Waals surface area contributed by atoms with Gasteiger partial charge in [0.2, 0.25) is 0 Å². The zero-order valence-corrected chi connectivity index (χ0v) is 6.68. The zero-order valence-electron chi connectivity index (χ0n) is 6.68. The summed E-state index contributed by atoms with van der Waals surface area (Å²) in [4.78, 5) is 0. The van der Waals surface area contributed by atoms with Gasteiger partial charge in [-0.3, -0.25) is 0 Å². The molecule has 10 heavy (non-hydrogen) atoms. The van der Waals surface area contributed by atoms with Gasteiger partial charge in [-0.2, -0.15) is 0 Å². The lowest BCUT2D eigenvalue weighted by Crippen LogP contribution is -2.15. The predicted molar refractivity (Wildman–Crippen MR) is 40.9 cm³/mol. The van der Waals surface area contributed by atoms with Crippen LogP contribution in [0.15, 0.2) is 0 Å². The van der Waals surface area contributed by atoms with E-state index in [0.717, 1.165) is 5.92 Å². The summed E-state index contributed by atoms with van der Waals surface area (Å²) < 4.78 is 5.74. The van der Waals surface area contributed by atoms with Crippen LogP contribution < -0.4 is 0 Å². The van der Waals surface area contributed by atoms with Crippen LogP contribution in [0.3, 0.4) is 0 Å². The molecule has 0 radical (unpaired) electrons. The quantitative estimate of drug-likeness (QED) is 0.572. The molecular weight excluding hydrogens is 124 g/mol. The highest BCUT2D eigenvalue weighted by molar-refractivity contribution is 4.88. The fourth-order valence-electron chi connectivity index (χ4n) is 2.42. The average Bonchev–Trinajstić information content (AvgIpc) is 2.48. The van der Waals surface area contributed by atoms with E-state index in [-0.39, 0.29) is 0 Å². The topological polar surface area (TPSA) is 9.23 Å². The van der Waals surface area contributed by atoms with Crippen molar-refractivity contribution in [2.45, 2.75) is 51.2 Å². The van der Waals surface area contributed by atoms with Gasteiger partial charge in [-0.15, -0.1) is 0 Å². The molecule has 2 fully saturated rings. The highest BCUT2D eigenvalue weighted by Crippen LogP contribution is 2.40. The Bertz CT molecular complexity index is 122. The van der Waals surface area contributed by atoms with Crippen LogP contribution in [-0.2, 0) is 4.74 Å². The molecule has 0 unspecified atom stereocenters. The maximum atomic E-state index is 5.74. The van der Waals surface area contributed by atoms with Gasteiger partial charge in [0.15, 0.2) is 0 Å². The molecule has 2 bridgehead atoms. The second-order valence-corrected chi connectivity index (χ2v) is 3.66. The van der Waals surface area contributed by atoms with Crippen LogP contribution in [0, 0.1) is 5.92 Å². The third-order valence-electron chi connectivity index (χ3n) is 2.89. The van der Waals surface area contributed by atoms with Gasteiger partial charge in [0.1, 0.15) is 0 Å². The van der Waals surface area contributed by atoms with Gasteiger partial charge >= 0.3 is 0 Å². The van der Waals surface area contributed by atoms with Gasteiger partial charge in [0, 0.05) is 0 Å². The summed E-state index contributed by atoms with van der Waals surface area (Å²) >= 11 is 0. The lowest BCUT2D eigenvalue weighted by Gasteiger charge is -2.16. The van der Waals surface area contributed by atoms with Crippen molar-refractivity contribution in [2.75, 3.05) is 0 Å². The summed E-state index contributed by atoms with van der Waals surface area (Å²) in [5, 5.41) is 0. The minimum Gasteiger partial charge on any atom is -0.375 e. The van der Waals surface area contributed by atoms with Crippen LogP contribution >= 0.6 is 0 Å². The molecule has 0 spiro atoms. The number of ether oxygens (including phenoxy) is 1. The highest BCUT2D eigenvalue weighted by Gasteiger charge is 2.39. The third-order valence-corrected chi connectivity index (χ3v) is 2.89. The summed E-state index contributed by atoms with van der Waals surface area (Å²) in [5.74, 6) is 0.920. The van der Waals surface area contributed by atoms with Crippen molar-refractivity contribution in [1.82, 2.24) is 0 Å². The molecule has 58 valence electrons. The lowest BCUT2D eigenvalue weighted by molar-refractivity contribution is 0.0912. The molecule has 0 saturated carbocycles. The Morgan fingerprint density at radius 3 is 2.80 bits per heavy atom. The zero-order chi connectivity index (χ0) is 6.97. The van der Waals surface area contributed by atoms with Crippen LogP contribution in [-0.4, -0.2) is 12.2 Å². The number of rotatable bonds is 2. The van der Waals surface area contributed by atoms with Crippen molar-refractivity contribution in [2.24, 2.45) is 5.92 Å². The molecule has 0 aromatic rings. The van der Waals surface area contributed by atoms with Crippen LogP contribution in [0.5, 0.6) is 0 Å². The first-order valence-electron chi connectivity index (χ1n) is 4.55. The molecule has 2 aliphatic heterocycles. The molecule has 3 atom stereocenters. The van der Waals surface area contributed by atoms with Crippen LogP contribution in [0.1, 0.15) is 39.0 Å². The molecule has 1 nitrogen and oxygen atoms in total. The van der Waals surface area contributed by atoms with Gasteiger partial charge < -0.3 is 4.74 Å². The molecule has 0 aromatic heterocycles.